The van der Waals surface area contributed by atoms with Crippen LogP contribution in [-0.2, 0) is 4.84 Å². The second-order valence-electron chi connectivity index (χ2n) is 5.60. The fourth-order valence-electron chi connectivity index (χ4n) is 3.75. The summed E-state index contributed by atoms with van der Waals surface area (Å²) in [6.45, 7) is 0. The van der Waals surface area contributed by atoms with Crippen LogP contribution in [0.25, 0.3) is 0 Å². The molecule has 2 nitrogen and oxygen atoms in total. The van der Waals surface area contributed by atoms with Gasteiger partial charge in [0, 0.05) is 12.5 Å². The molecule has 4 rings (SSSR count). The summed E-state index contributed by atoms with van der Waals surface area (Å²) in [7, 11) is 2.10. The third kappa shape index (κ3) is 0.950. The van der Waals surface area contributed by atoms with Gasteiger partial charge in [0.1, 0.15) is 0 Å². The minimum Gasteiger partial charge on any atom is -0.291 e. The van der Waals surface area contributed by atoms with Crippen molar-refractivity contribution >= 4 is 0 Å². The monoisotopic (exact) mass is 215 g/mol. The van der Waals surface area contributed by atoms with Crippen LogP contribution >= 0.6 is 0 Å². The Morgan fingerprint density at radius 3 is 2.38 bits per heavy atom. The summed E-state index contributed by atoms with van der Waals surface area (Å²) in [5.41, 5.74) is 2.09. The van der Waals surface area contributed by atoms with Gasteiger partial charge in [-0.05, 0) is 31.2 Å². The smallest absolute Gasteiger partial charge is 0.0976 e. The van der Waals surface area contributed by atoms with E-state index in [1.165, 1.54) is 31.2 Å². The van der Waals surface area contributed by atoms with Gasteiger partial charge in [-0.2, -0.15) is 5.06 Å². The molecule has 3 aliphatic rings. The lowest BCUT2D eigenvalue weighted by molar-refractivity contribution is -0.156. The molecule has 1 atom stereocenters. The van der Waals surface area contributed by atoms with Gasteiger partial charge in [0.25, 0.3) is 0 Å². The van der Waals surface area contributed by atoms with Crippen molar-refractivity contribution in [2.24, 2.45) is 5.41 Å². The van der Waals surface area contributed by atoms with E-state index < -0.39 is 0 Å². The quantitative estimate of drug-likeness (QED) is 0.714. The lowest BCUT2D eigenvalue weighted by atomic mass is 9.85. The molecule has 1 unspecified atom stereocenters. The van der Waals surface area contributed by atoms with Gasteiger partial charge in [0.2, 0.25) is 0 Å². The van der Waals surface area contributed by atoms with Crippen molar-refractivity contribution < 1.29 is 4.84 Å². The van der Waals surface area contributed by atoms with Crippen molar-refractivity contribution in [3.05, 3.63) is 35.9 Å². The molecule has 2 heteroatoms. The first kappa shape index (κ1) is 9.20. The molecule has 1 aliphatic heterocycles. The standard InChI is InChI=1S/C14H17NO/c1-15-12(11-5-3-2-4-6-11)13(7-8-13)14(16-15)9-10-14/h2-6,12H,7-10H2,1H3. The molecule has 2 aliphatic carbocycles. The fourth-order valence-corrected chi connectivity index (χ4v) is 3.75. The van der Waals surface area contributed by atoms with Crippen molar-refractivity contribution in [2.45, 2.75) is 37.3 Å². The molecule has 1 saturated heterocycles. The first-order chi connectivity index (χ1) is 7.78. The molecule has 2 saturated carbocycles. The maximum Gasteiger partial charge on any atom is 0.0976 e. The van der Waals surface area contributed by atoms with Gasteiger partial charge in [-0.3, -0.25) is 4.84 Å². The zero-order valence-corrected chi connectivity index (χ0v) is 9.65. The Bertz CT molecular complexity index is 420. The second kappa shape index (κ2) is 2.69. The van der Waals surface area contributed by atoms with Gasteiger partial charge in [-0.1, -0.05) is 30.3 Å². The van der Waals surface area contributed by atoms with Crippen LogP contribution in [0.1, 0.15) is 37.3 Å². The molecular weight excluding hydrogens is 198 g/mol. The second-order valence-corrected chi connectivity index (χ2v) is 5.60. The first-order valence-electron chi connectivity index (χ1n) is 6.24. The number of rotatable bonds is 1. The van der Waals surface area contributed by atoms with Crippen molar-refractivity contribution in [3.8, 4) is 0 Å². The Morgan fingerprint density at radius 1 is 1.12 bits per heavy atom. The van der Waals surface area contributed by atoms with Gasteiger partial charge in [0.05, 0.1) is 11.6 Å². The number of benzene rings is 1. The molecule has 84 valence electrons. The Hall–Kier alpha value is -0.860. The summed E-state index contributed by atoms with van der Waals surface area (Å²) < 4.78 is 0. The number of nitrogens with zero attached hydrogens (tertiary/aromatic N) is 1. The predicted molar refractivity (Wildman–Crippen MR) is 61.7 cm³/mol. The fraction of sp³-hybridized carbons (Fsp3) is 0.571. The highest BCUT2D eigenvalue weighted by Gasteiger charge is 2.75. The van der Waals surface area contributed by atoms with E-state index in [1.54, 1.807) is 0 Å². The van der Waals surface area contributed by atoms with E-state index in [4.69, 9.17) is 4.84 Å². The Labute approximate surface area is 96.2 Å². The van der Waals surface area contributed by atoms with Crippen LogP contribution < -0.4 is 0 Å². The van der Waals surface area contributed by atoms with E-state index in [-0.39, 0.29) is 5.60 Å². The zero-order chi connectivity index (χ0) is 10.8. The van der Waals surface area contributed by atoms with E-state index in [9.17, 15) is 0 Å². The number of hydroxylamine groups is 2. The van der Waals surface area contributed by atoms with Gasteiger partial charge < -0.3 is 0 Å². The summed E-state index contributed by atoms with van der Waals surface area (Å²) >= 11 is 0. The molecule has 2 spiro atoms. The number of hydrogen-bond acceptors (Lipinski definition) is 2. The van der Waals surface area contributed by atoms with Crippen LogP contribution in [0.5, 0.6) is 0 Å². The largest absolute Gasteiger partial charge is 0.291 e. The summed E-state index contributed by atoms with van der Waals surface area (Å²) in [4.78, 5) is 6.14. The third-order valence-electron chi connectivity index (χ3n) is 4.72. The average Bonchev–Trinajstić information content (AvgIpc) is 3.13. The highest BCUT2D eigenvalue weighted by molar-refractivity contribution is 5.32. The van der Waals surface area contributed by atoms with E-state index in [0.717, 1.165) is 0 Å². The normalized spacial score (nSPS) is 33.4. The lowest BCUT2D eigenvalue weighted by Gasteiger charge is -2.23. The van der Waals surface area contributed by atoms with Crippen LogP contribution in [0, 0.1) is 5.41 Å². The molecule has 16 heavy (non-hydrogen) atoms. The molecule has 0 radical (unpaired) electrons. The third-order valence-corrected chi connectivity index (χ3v) is 4.72. The van der Waals surface area contributed by atoms with Gasteiger partial charge in [-0.15, -0.1) is 0 Å². The molecule has 1 aromatic carbocycles. The summed E-state index contributed by atoms with van der Waals surface area (Å²) in [6, 6.07) is 11.3. The topological polar surface area (TPSA) is 12.5 Å². The van der Waals surface area contributed by atoms with Crippen molar-refractivity contribution in [1.82, 2.24) is 5.06 Å². The van der Waals surface area contributed by atoms with Crippen LogP contribution in [0.15, 0.2) is 30.3 Å². The SMILES string of the molecule is CN1OC2(CC2)C2(CC2)C1c1ccccc1. The highest BCUT2D eigenvalue weighted by atomic mass is 16.7. The van der Waals surface area contributed by atoms with Crippen molar-refractivity contribution in [1.29, 1.82) is 0 Å². The Morgan fingerprint density at radius 2 is 1.81 bits per heavy atom. The Kier molecular flexibility index (Phi) is 1.55. The molecular formula is C14H17NO. The van der Waals surface area contributed by atoms with Crippen LogP contribution in [-0.4, -0.2) is 17.7 Å². The van der Waals surface area contributed by atoms with E-state index >= 15 is 0 Å². The highest BCUT2D eigenvalue weighted by Crippen LogP contribution is 2.76. The van der Waals surface area contributed by atoms with Crippen LogP contribution in [0.3, 0.4) is 0 Å². The summed E-state index contributed by atoms with van der Waals surface area (Å²) in [5.74, 6) is 0. The maximum absolute atomic E-state index is 6.14. The minimum absolute atomic E-state index is 0.224. The molecule has 1 heterocycles. The number of fused-ring (bicyclic) bond motifs is 1. The summed E-state index contributed by atoms with van der Waals surface area (Å²) in [6.07, 6.45) is 5.22. The van der Waals surface area contributed by atoms with Crippen molar-refractivity contribution in [2.75, 3.05) is 7.05 Å². The van der Waals surface area contributed by atoms with Crippen LogP contribution in [0.4, 0.5) is 0 Å². The summed E-state index contributed by atoms with van der Waals surface area (Å²) in [5, 5.41) is 2.12. The molecule has 0 N–H and O–H groups in total. The molecule has 3 fully saturated rings. The molecule has 0 aromatic heterocycles. The first-order valence-corrected chi connectivity index (χ1v) is 6.24. The van der Waals surface area contributed by atoms with Crippen LogP contribution in [0.2, 0.25) is 0 Å². The molecule has 1 aromatic rings. The predicted octanol–water partition coefficient (Wildman–Crippen LogP) is 2.92. The zero-order valence-electron chi connectivity index (χ0n) is 9.65. The van der Waals surface area contributed by atoms with Crippen molar-refractivity contribution in [3.63, 3.8) is 0 Å². The van der Waals surface area contributed by atoms with Gasteiger partial charge in [-0.25, -0.2) is 0 Å². The van der Waals surface area contributed by atoms with E-state index in [0.29, 0.717) is 11.5 Å². The van der Waals surface area contributed by atoms with Gasteiger partial charge in [0.15, 0.2) is 0 Å². The van der Waals surface area contributed by atoms with E-state index in [1.807, 2.05) is 0 Å². The Balaban J connectivity index is 1.78. The minimum atomic E-state index is 0.224. The maximum atomic E-state index is 6.14. The lowest BCUT2D eigenvalue weighted by Crippen LogP contribution is -2.23. The molecule has 0 amide bonds. The van der Waals surface area contributed by atoms with Gasteiger partial charge >= 0.3 is 0 Å². The van der Waals surface area contributed by atoms with E-state index in [2.05, 4.69) is 42.4 Å². The average molecular weight is 215 g/mol. The molecule has 0 bridgehead atoms. The number of hydrogen-bond donors (Lipinski definition) is 0.